The predicted octanol–water partition coefficient (Wildman–Crippen LogP) is 3.43. The summed E-state index contributed by atoms with van der Waals surface area (Å²) >= 11 is 0. The number of hydrogen-bond donors (Lipinski definition) is 1. The third-order valence-electron chi connectivity index (χ3n) is 6.14. The molecule has 3 aromatic heterocycles. The lowest BCUT2D eigenvalue weighted by Gasteiger charge is -2.30. The first kappa shape index (κ1) is 18.9. The largest absolute Gasteiger partial charge is 0.314 e. The minimum atomic E-state index is -0.00868. The van der Waals surface area contributed by atoms with Crippen molar-refractivity contribution in [3.8, 4) is 11.3 Å². The van der Waals surface area contributed by atoms with Crippen LogP contribution >= 0.6 is 0 Å². The van der Waals surface area contributed by atoms with Crippen molar-refractivity contribution in [2.24, 2.45) is 0 Å². The van der Waals surface area contributed by atoms with E-state index in [0.717, 1.165) is 59.4 Å². The molecule has 4 heterocycles. The fourth-order valence-electron chi connectivity index (χ4n) is 4.49. The first-order valence-electron chi connectivity index (χ1n) is 10.6. The van der Waals surface area contributed by atoms with Gasteiger partial charge in [0.05, 0.1) is 35.2 Å². The number of piperidine rings is 1. The van der Waals surface area contributed by atoms with E-state index in [2.05, 4.69) is 22.3 Å². The number of aryl methyl sites for hydroxylation is 2. The van der Waals surface area contributed by atoms with Crippen molar-refractivity contribution in [3.05, 3.63) is 58.3 Å². The van der Waals surface area contributed by atoms with Crippen LogP contribution in [0.4, 0.5) is 0 Å². The monoisotopic (exact) mass is 402 g/mol. The molecule has 0 aliphatic carbocycles. The van der Waals surface area contributed by atoms with Gasteiger partial charge in [-0.25, -0.2) is 14.2 Å². The van der Waals surface area contributed by atoms with Gasteiger partial charge in [-0.2, -0.15) is 10.2 Å². The van der Waals surface area contributed by atoms with Crippen molar-refractivity contribution in [1.82, 2.24) is 29.7 Å². The maximum Gasteiger partial charge on any atom is 0.274 e. The third kappa shape index (κ3) is 3.19. The van der Waals surface area contributed by atoms with E-state index >= 15 is 0 Å². The smallest absolute Gasteiger partial charge is 0.274 e. The normalized spacial score (nSPS) is 19.6. The molecule has 1 aliphatic heterocycles. The average Bonchev–Trinajstić information content (AvgIpc) is 3.14. The van der Waals surface area contributed by atoms with Crippen molar-refractivity contribution >= 4 is 16.4 Å². The number of fused-ring (bicyclic) bond motifs is 2. The number of rotatable bonds is 3. The van der Waals surface area contributed by atoms with Crippen LogP contribution in [-0.4, -0.2) is 37.0 Å². The van der Waals surface area contributed by atoms with Crippen LogP contribution in [0.15, 0.2) is 41.5 Å². The predicted molar refractivity (Wildman–Crippen MR) is 118 cm³/mol. The summed E-state index contributed by atoms with van der Waals surface area (Å²) in [5, 5.41) is 14.3. The Bertz CT molecular complexity index is 1300. The number of aromatic nitrogens is 5. The van der Waals surface area contributed by atoms with E-state index in [1.165, 1.54) is 0 Å². The van der Waals surface area contributed by atoms with Gasteiger partial charge in [-0.05, 0) is 63.4 Å². The Hall–Kier alpha value is -3.06. The highest BCUT2D eigenvalue weighted by Gasteiger charge is 2.23. The lowest BCUT2D eigenvalue weighted by molar-refractivity contribution is 0.273. The Morgan fingerprint density at radius 2 is 2.10 bits per heavy atom. The summed E-state index contributed by atoms with van der Waals surface area (Å²) in [4.78, 5) is 17.7. The lowest BCUT2D eigenvalue weighted by Crippen LogP contribution is -2.41. The molecule has 5 rings (SSSR count). The molecule has 4 aromatic rings. The SMILES string of the molecule is CC[C@H]1C[C@@H](n2ncc3cc(-c4cc(C)c5nc(C)cn5n4)ccc3c2=O)CCN1. The molecule has 0 amide bonds. The Balaban J connectivity index is 1.55. The molecule has 0 saturated carbocycles. The van der Waals surface area contributed by atoms with Crippen LogP contribution in [-0.2, 0) is 0 Å². The van der Waals surface area contributed by atoms with Crippen LogP contribution in [0, 0.1) is 13.8 Å². The highest BCUT2D eigenvalue weighted by Crippen LogP contribution is 2.25. The molecule has 1 fully saturated rings. The van der Waals surface area contributed by atoms with Gasteiger partial charge in [-0.15, -0.1) is 0 Å². The standard InChI is InChI=1S/C23H26N6O/c1-4-18-11-19(7-8-24-18)29-23(30)20-6-5-16(10-17(20)12-25-29)21-9-14(2)22-26-15(3)13-28(22)27-21/h5-6,9-10,12-13,18-19,24H,4,7-8,11H2,1-3H3/t18-,19-/m0/s1. The van der Waals surface area contributed by atoms with Gasteiger partial charge in [0.25, 0.3) is 5.56 Å². The molecule has 30 heavy (non-hydrogen) atoms. The fraction of sp³-hybridized carbons (Fsp3) is 0.391. The van der Waals surface area contributed by atoms with Gasteiger partial charge in [-0.3, -0.25) is 4.79 Å². The molecular formula is C23H26N6O. The Kier molecular flexibility index (Phi) is 4.62. The summed E-state index contributed by atoms with van der Waals surface area (Å²) in [5.41, 5.74) is 4.69. The molecule has 1 N–H and O–H groups in total. The molecule has 7 heteroatoms. The minimum Gasteiger partial charge on any atom is -0.314 e. The fourth-order valence-corrected chi connectivity index (χ4v) is 4.49. The maximum absolute atomic E-state index is 13.2. The van der Waals surface area contributed by atoms with Gasteiger partial charge >= 0.3 is 0 Å². The quantitative estimate of drug-likeness (QED) is 0.568. The average molecular weight is 403 g/mol. The molecule has 154 valence electrons. The van der Waals surface area contributed by atoms with Gasteiger partial charge in [0.2, 0.25) is 0 Å². The molecular weight excluding hydrogens is 376 g/mol. The van der Waals surface area contributed by atoms with Crippen LogP contribution < -0.4 is 10.9 Å². The van der Waals surface area contributed by atoms with Crippen LogP contribution in [0.3, 0.4) is 0 Å². The van der Waals surface area contributed by atoms with Crippen molar-refractivity contribution in [1.29, 1.82) is 0 Å². The summed E-state index contributed by atoms with van der Waals surface area (Å²) in [6.45, 7) is 7.11. The number of nitrogens with zero attached hydrogens (tertiary/aromatic N) is 5. The number of hydrogen-bond acceptors (Lipinski definition) is 5. The first-order chi connectivity index (χ1) is 14.5. The molecule has 0 unspecified atom stereocenters. The van der Waals surface area contributed by atoms with E-state index in [1.54, 1.807) is 4.68 Å². The summed E-state index contributed by atoms with van der Waals surface area (Å²) < 4.78 is 3.51. The van der Waals surface area contributed by atoms with Crippen LogP contribution in [0.2, 0.25) is 0 Å². The number of imidazole rings is 1. The Labute approximate surface area is 174 Å². The van der Waals surface area contributed by atoms with Crippen LogP contribution in [0.1, 0.15) is 43.5 Å². The molecule has 1 saturated heterocycles. The van der Waals surface area contributed by atoms with Gasteiger partial charge in [0.1, 0.15) is 0 Å². The van der Waals surface area contributed by atoms with Crippen molar-refractivity contribution in [2.45, 2.75) is 52.1 Å². The highest BCUT2D eigenvalue weighted by molar-refractivity contribution is 5.85. The zero-order valence-corrected chi connectivity index (χ0v) is 17.6. The second kappa shape index (κ2) is 7.32. The van der Waals surface area contributed by atoms with E-state index in [-0.39, 0.29) is 11.6 Å². The summed E-state index contributed by atoms with van der Waals surface area (Å²) in [5.74, 6) is 0. The minimum absolute atomic E-state index is 0.00868. The molecule has 2 atom stereocenters. The van der Waals surface area contributed by atoms with E-state index in [9.17, 15) is 4.79 Å². The zero-order valence-electron chi connectivity index (χ0n) is 17.6. The van der Waals surface area contributed by atoms with Gasteiger partial charge in [0.15, 0.2) is 5.65 Å². The topological polar surface area (TPSA) is 77.1 Å². The Morgan fingerprint density at radius 1 is 1.23 bits per heavy atom. The van der Waals surface area contributed by atoms with E-state index in [4.69, 9.17) is 5.10 Å². The van der Waals surface area contributed by atoms with Crippen molar-refractivity contribution in [2.75, 3.05) is 6.54 Å². The zero-order chi connectivity index (χ0) is 20.8. The van der Waals surface area contributed by atoms with Crippen LogP contribution in [0.5, 0.6) is 0 Å². The second-order valence-electron chi connectivity index (χ2n) is 8.30. The third-order valence-corrected chi connectivity index (χ3v) is 6.14. The van der Waals surface area contributed by atoms with E-state index in [1.807, 2.05) is 55.0 Å². The summed E-state index contributed by atoms with van der Waals surface area (Å²) in [7, 11) is 0. The van der Waals surface area contributed by atoms with Crippen LogP contribution in [0.25, 0.3) is 27.7 Å². The summed E-state index contributed by atoms with van der Waals surface area (Å²) in [6, 6.07) is 8.53. The molecule has 0 bridgehead atoms. The molecule has 1 aliphatic rings. The molecule has 0 radical (unpaired) electrons. The van der Waals surface area contributed by atoms with Gasteiger partial charge < -0.3 is 5.32 Å². The summed E-state index contributed by atoms with van der Waals surface area (Å²) in [6.07, 6.45) is 6.68. The first-order valence-corrected chi connectivity index (χ1v) is 10.6. The molecule has 1 aromatic carbocycles. The van der Waals surface area contributed by atoms with Crippen molar-refractivity contribution in [3.63, 3.8) is 0 Å². The van der Waals surface area contributed by atoms with E-state index in [0.29, 0.717) is 11.4 Å². The number of benzene rings is 1. The van der Waals surface area contributed by atoms with Gasteiger partial charge in [0, 0.05) is 17.0 Å². The highest BCUT2D eigenvalue weighted by atomic mass is 16.1. The maximum atomic E-state index is 13.2. The molecule has 7 nitrogen and oxygen atoms in total. The van der Waals surface area contributed by atoms with E-state index < -0.39 is 0 Å². The number of nitrogens with one attached hydrogen (secondary N) is 1. The Morgan fingerprint density at radius 3 is 2.93 bits per heavy atom. The lowest BCUT2D eigenvalue weighted by atomic mass is 9.97. The second-order valence-corrected chi connectivity index (χ2v) is 8.30. The van der Waals surface area contributed by atoms with Crippen molar-refractivity contribution < 1.29 is 0 Å². The van der Waals surface area contributed by atoms with Gasteiger partial charge in [-0.1, -0.05) is 13.0 Å². The molecule has 0 spiro atoms.